The van der Waals surface area contributed by atoms with Gasteiger partial charge in [-0.15, -0.1) is 0 Å². The number of carbonyl (C=O) groups is 1. The molecule has 0 saturated carbocycles. The summed E-state index contributed by atoms with van der Waals surface area (Å²) in [5, 5.41) is 2.46. The molecule has 0 aliphatic heterocycles. The van der Waals surface area contributed by atoms with Crippen molar-refractivity contribution in [1.82, 2.24) is 4.90 Å². The van der Waals surface area contributed by atoms with Gasteiger partial charge in [0.2, 0.25) is 5.91 Å². The summed E-state index contributed by atoms with van der Waals surface area (Å²) < 4.78 is 13.2. The SMILES string of the molecule is CN(C)C/C=C/C(=O)Nc1ccccc1F. The van der Waals surface area contributed by atoms with E-state index in [0.717, 1.165) is 0 Å². The minimum absolute atomic E-state index is 0.196. The maximum absolute atomic E-state index is 13.2. The van der Waals surface area contributed by atoms with Gasteiger partial charge in [0, 0.05) is 12.6 Å². The molecule has 4 heteroatoms. The van der Waals surface area contributed by atoms with E-state index in [0.29, 0.717) is 6.54 Å². The molecule has 0 aromatic heterocycles. The Bertz CT molecular complexity index is 388. The predicted molar refractivity (Wildman–Crippen MR) is 62.7 cm³/mol. The minimum Gasteiger partial charge on any atom is -0.320 e. The molecule has 1 amide bonds. The number of para-hydroxylation sites is 1. The van der Waals surface area contributed by atoms with Gasteiger partial charge in [-0.3, -0.25) is 4.79 Å². The second kappa shape index (κ2) is 6.02. The van der Waals surface area contributed by atoms with E-state index in [2.05, 4.69) is 5.32 Å². The van der Waals surface area contributed by atoms with E-state index in [1.807, 2.05) is 19.0 Å². The molecule has 0 aliphatic carbocycles. The zero-order chi connectivity index (χ0) is 12.0. The fraction of sp³-hybridized carbons (Fsp3) is 0.250. The molecule has 3 nitrogen and oxygen atoms in total. The zero-order valence-corrected chi connectivity index (χ0v) is 9.40. The first-order chi connectivity index (χ1) is 7.59. The van der Waals surface area contributed by atoms with Crippen LogP contribution in [0.15, 0.2) is 36.4 Å². The third kappa shape index (κ3) is 4.23. The quantitative estimate of drug-likeness (QED) is 0.789. The van der Waals surface area contributed by atoms with Crippen LogP contribution in [-0.4, -0.2) is 31.4 Å². The minimum atomic E-state index is -0.433. The molecule has 0 saturated heterocycles. The Morgan fingerprint density at radius 3 is 2.75 bits per heavy atom. The van der Waals surface area contributed by atoms with Gasteiger partial charge in [-0.25, -0.2) is 4.39 Å². The highest BCUT2D eigenvalue weighted by atomic mass is 19.1. The third-order valence-electron chi connectivity index (χ3n) is 1.87. The molecule has 0 aliphatic rings. The van der Waals surface area contributed by atoms with E-state index in [1.54, 1.807) is 18.2 Å². The number of anilines is 1. The first kappa shape index (κ1) is 12.4. The molecule has 0 radical (unpaired) electrons. The van der Waals surface area contributed by atoms with Crippen LogP contribution in [0.3, 0.4) is 0 Å². The third-order valence-corrected chi connectivity index (χ3v) is 1.87. The van der Waals surface area contributed by atoms with E-state index < -0.39 is 5.82 Å². The standard InChI is InChI=1S/C12H15FN2O/c1-15(2)9-5-8-12(16)14-11-7-4-3-6-10(11)13/h3-8H,9H2,1-2H3,(H,14,16)/b8-5+. The summed E-state index contributed by atoms with van der Waals surface area (Å²) in [5.74, 6) is -0.760. The van der Waals surface area contributed by atoms with Crippen LogP contribution in [0.5, 0.6) is 0 Å². The lowest BCUT2D eigenvalue weighted by molar-refractivity contribution is -0.111. The Morgan fingerprint density at radius 1 is 1.44 bits per heavy atom. The van der Waals surface area contributed by atoms with Gasteiger partial charge in [0.1, 0.15) is 5.82 Å². The molecule has 1 rings (SSSR count). The highest BCUT2D eigenvalue weighted by Gasteiger charge is 2.02. The van der Waals surface area contributed by atoms with Crippen molar-refractivity contribution in [2.45, 2.75) is 0 Å². The van der Waals surface area contributed by atoms with Crippen LogP contribution >= 0.6 is 0 Å². The number of nitrogens with one attached hydrogen (secondary N) is 1. The maximum atomic E-state index is 13.2. The van der Waals surface area contributed by atoms with Gasteiger partial charge >= 0.3 is 0 Å². The fourth-order valence-electron chi connectivity index (χ4n) is 1.11. The smallest absolute Gasteiger partial charge is 0.248 e. The van der Waals surface area contributed by atoms with Gasteiger partial charge < -0.3 is 10.2 Å². The van der Waals surface area contributed by atoms with Crippen LogP contribution < -0.4 is 5.32 Å². The van der Waals surface area contributed by atoms with Crippen molar-refractivity contribution in [3.8, 4) is 0 Å². The fourth-order valence-corrected chi connectivity index (χ4v) is 1.11. The van der Waals surface area contributed by atoms with Crippen molar-refractivity contribution in [1.29, 1.82) is 0 Å². The lowest BCUT2D eigenvalue weighted by Gasteiger charge is -2.05. The monoisotopic (exact) mass is 222 g/mol. The second-order valence-corrected chi connectivity index (χ2v) is 3.63. The summed E-state index contributed by atoms with van der Waals surface area (Å²) in [7, 11) is 3.80. The highest BCUT2D eigenvalue weighted by molar-refractivity contribution is 5.99. The largest absolute Gasteiger partial charge is 0.320 e. The van der Waals surface area contributed by atoms with E-state index in [-0.39, 0.29) is 11.6 Å². The highest BCUT2D eigenvalue weighted by Crippen LogP contribution is 2.11. The molecule has 1 N–H and O–H groups in total. The van der Waals surface area contributed by atoms with Crippen molar-refractivity contribution in [2.75, 3.05) is 26.0 Å². The molecule has 0 heterocycles. The van der Waals surface area contributed by atoms with Crippen molar-refractivity contribution in [3.63, 3.8) is 0 Å². The lowest BCUT2D eigenvalue weighted by atomic mass is 10.3. The van der Waals surface area contributed by atoms with Gasteiger partial charge in [-0.05, 0) is 26.2 Å². The van der Waals surface area contributed by atoms with Gasteiger partial charge in [0.05, 0.1) is 5.69 Å². The maximum Gasteiger partial charge on any atom is 0.248 e. The average Bonchev–Trinajstić information content (AvgIpc) is 2.21. The summed E-state index contributed by atoms with van der Waals surface area (Å²) in [4.78, 5) is 13.3. The summed E-state index contributed by atoms with van der Waals surface area (Å²) in [5.41, 5.74) is 0.196. The number of carbonyl (C=O) groups excluding carboxylic acids is 1. The van der Waals surface area contributed by atoms with Crippen LogP contribution in [0.25, 0.3) is 0 Å². The first-order valence-corrected chi connectivity index (χ1v) is 4.96. The lowest BCUT2D eigenvalue weighted by Crippen LogP contribution is -2.13. The Hall–Kier alpha value is -1.68. The molecule has 1 aromatic carbocycles. The normalized spacial score (nSPS) is 11.0. The van der Waals surface area contributed by atoms with Crippen molar-refractivity contribution >= 4 is 11.6 Å². The molecule has 0 unspecified atom stereocenters. The number of hydrogen-bond donors (Lipinski definition) is 1. The van der Waals surface area contributed by atoms with Crippen LogP contribution in [0.4, 0.5) is 10.1 Å². The number of rotatable bonds is 4. The summed E-state index contributed by atoms with van der Waals surface area (Å²) in [6.07, 6.45) is 3.11. The van der Waals surface area contributed by atoms with Crippen LogP contribution in [0.1, 0.15) is 0 Å². The number of halogens is 1. The molecule has 16 heavy (non-hydrogen) atoms. The van der Waals surface area contributed by atoms with E-state index in [4.69, 9.17) is 0 Å². The molecule has 1 aromatic rings. The van der Waals surface area contributed by atoms with Gasteiger partial charge in [0.25, 0.3) is 0 Å². The van der Waals surface area contributed by atoms with E-state index in [9.17, 15) is 9.18 Å². The number of benzene rings is 1. The molecule has 0 bridgehead atoms. The van der Waals surface area contributed by atoms with Crippen molar-refractivity contribution in [3.05, 3.63) is 42.2 Å². The average molecular weight is 222 g/mol. The molecule has 0 spiro atoms. The van der Waals surface area contributed by atoms with Crippen LogP contribution in [0, 0.1) is 5.82 Å². The molecule has 0 atom stereocenters. The van der Waals surface area contributed by atoms with Crippen molar-refractivity contribution in [2.24, 2.45) is 0 Å². The molecular weight excluding hydrogens is 207 g/mol. The van der Waals surface area contributed by atoms with Crippen molar-refractivity contribution < 1.29 is 9.18 Å². The molecule has 0 fully saturated rings. The van der Waals surface area contributed by atoms with Gasteiger partial charge in [0.15, 0.2) is 0 Å². The summed E-state index contributed by atoms with van der Waals surface area (Å²) in [6, 6.07) is 6.07. The Labute approximate surface area is 94.6 Å². The Balaban J connectivity index is 2.52. The number of amides is 1. The topological polar surface area (TPSA) is 32.3 Å². The number of likely N-dealkylation sites (N-methyl/N-ethyl adjacent to an activating group) is 1. The number of nitrogens with zero attached hydrogens (tertiary/aromatic N) is 1. The van der Waals surface area contributed by atoms with E-state index >= 15 is 0 Å². The Kier molecular flexibility index (Phi) is 4.66. The molecule has 86 valence electrons. The Morgan fingerprint density at radius 2 is 2.12 bits per heavy atom. The summed E-state index contributed by atoms with van der Waals surface area (Å²) in [6.45, 7) is 0.671. The summed E-state index contributed by atoms with van der Waals surface area (Å²) >= 11 is 0. The van der Waals surface area contributed by atoms with Gasteiger partial charge in [-0.2, -0.15) is 0 Å². The zero-order valence-electron chi connectivity index (χ0n) is 9.40. The van der Waals surface area contributed by atoms with Crippen LogP contribution in [-0.2, 0) is 4.79 Å². The number of hydrogen-bond acceptors (Lipinski definition) is 2. The van der Waals surface area contributed by atoms with Crippen LogP contribution in [0.2, 0.25) is 0 Å². The van der Waals surface area contributed by atoms with E-state index in [1.165, 1.54) is 18.2 Å². The second-order valence-electron chi connectivity index (χ2n) is 3.63. The molecular formula is C12H15FN2O. The predicted octanol–water partition coefficient (Wildman–Crippen LogP) is 1.88. The first-order valence-electron chi connectivity index (χ1n) is 4.96. The van der Waals surface area contributed by atoms with Gasteiger partial charge in [-0.1, -0.05) is 18.2 Å².